The van der Waals surface area contributed by atoms with Gasteiger partial charge in [0.05, 0.1) is 13.2 Å². The molecular weight excluding hydrogens is 224 g/mol. The zero-order valence-electron chi connectivity index (χ0n) is 9.46. The van der Waals surface area contributed by atoms with Crippen LogP contribution in [0.1, 0.15) is 0 Å². The van der Waals surface area contributed by atoms with Gasteiger partial charge in [0.15, 0.2) is 11.5 Å². The molecule has 2 heterocycles. The van der Waals surface area contributed by atoms with Crippen molar-refractivity contribution in [3.8, 4) is 0 Å². The number of ether oxygens (including phenoxy) is 2. The summed E-state index contributed by atoms with van der Waals surface area (Å²) in [6.45, 7) is 4.23. The van der Waals surface area contributed by atoms with Crippen molar-refractivity contribution in [3.63, 3.8) is 0 Å². The van der Waals surface area contributed by atoms with E-state index in [0.717, 1.165) is 26.3 Å². The molecule has 0 aromatic rings. The van der Waals surface area contributed by atoms with Crippen LogP contribution >= 0.6 is 0 Å². The Kier molecular flexibility index (Phi) is 3.94. The minimum atomic E-state index is -0.520. The fraction of sp³-hybridized carbons (Fsp3) is 0.600. The van der Waals surface area contributed by atoms with Crippen molar-refractivity contribution >= 4 is 12.3 Å². The van der Waals surface area contributed by atoms with Gasteiger partial charge in [-0.3, -0.25) is 4.90 Å². The van der Waals surface area contributed by atoms with Crippen molar-refractivity contribution in [1.82, 2.24) is 10.2 Å². The zero-order chi connectivity index (χ0) is 12.1. The van der Waals surface area contributed by atoms with Crippen LogP contribution in [0.3, 0.4) is 0 Å². The molecule has 0 amide bonds. The van der Waals surface area contributed by atoms with Crippen LogP contribution in [0.4, 0.5) is 0 Å². The summed E-state index contributed by atoms with van der Waals surface area (Å²) in [6, 6.07) is 0. The molecule has 0 bridgehead atoms. The fourth-order valence-corrected chi connectivity index (χ4v) is 1.59. The molecule has 0 aromatic carbocycles. The quantitative estimate of drug-likeness (QED) is 0.611. The number of rotatable bonds is 4. The molecule has 2 aliphatic rings. The molecule has 17 heavy (non-hydrogen) atoms. The third-order valence-corrected chi connectivity index (χ3v) is 2.56. The lowest BCUT2D eigenvalue weighted by molar-refractivity contribution is -0.139. The molecule has 0 saturated carbocycles. The van der Waals surface area contributed by atoms with E-state index in [1.807, 2.05) is 0 Å². The summed E-state index contributed by atoms with van der Waals surface area (Å²) in [6.07, 6.45) is 1.24. The first kappa shape index (κ1) is 11.9. The van der Waals surface area contributed by atoms with Gasteiger partial charge in [0.1, 0.15) is 12.9 Å². The summed E-state index contributed by atoms with van der Waals surface area (Å²) in [4.78, 5) is 17.4. The van der Waals surface area contributed by atoms with E-state index in [-0.39, 0.29) is 11.5 Å². The van der Waals surface area contributed by atoms with Gasteiger partial charge in [-0.1, -0.05) is 0 Å². The van der Waals surface area contributed by atoms with Crippen LogP contribution in [0.2, 0.25) is 0 Å². The number of carbonyl (C=O) groups excluding carboxylic acids is 1. The molecule has 0 atom stereocenters. The summed E-state index contributed by atoms with van der Waals surface area (Å²) < 4.78 is 10.3. The molecule has 7 nitrogen and oxygen atoms in total. The second-order valence-corrected chi connectivity index (χ2v) is 3.70. The van der Waals surface area contributed by atoms with Crippen molar-refractivity contribution in [1.29, 1.82) is 0 Å². The molecule has 1 fully saturated rings. The molecule has 0 aliphatic carbocycles. The van der Waals surface area contributed by atoms with Crippen LogP contribution in [0.15, 0.2) is 16.5 Å². The number of morpholine rings is 1. The van der Waals surface area contributed by atoms with Crippen molar-refractivity contribution in [3.05, 3.63) is 11.5 Å². The first-order valence-electron chi connectivity index (χ1n) is 5.48. The average molecular weight is 239 g/mol. The molecular formula is C10H15N4O3. The number of hydrogen-bond donors (Lipinski definition) is 1. The van der Waals surface area contributed by atoms with Crippen LogP contribution in [-0.2, 0) is 14.3 Å². The van der Waals surface area contributed by atoms with Gasteiger partial charge >= 0.3 is 5.97 Å². The van der Waals surface area contributed by atoms with Crippen molar-refractivity contribution in [2.75, 3.05) is 39.5 Å². The van der Waals surface area contributed by atoms with Gasteiger partial charge in [-0.25, -0.2) is 15.1 Å². The van der Waals surface area contributed by atoms with E-state index in [9.17, 15) is 4.79 Å². The highest BCUT2D eigenvalue weighted by atomic mass is 16.5. The number of nitrogens with two attached hydrogens (primary N) is 1. The van der Waals surface area contributed by atoms with Gasteiger partial charge in [-0.05, 0) is 0 Å². The molecule has 2 aliphatic heterocycles. The standard InChI is InChI=1S/C10H15N4O3/c11-9-8(12-7-13-9)10(15)17-6-3-14-1-4-16-5-2-14/h7H,1-6,11H2. The first-order valence-corrected chi connectivity index (χ1v) is 5.48. The van der Waals surface area contributed by atoms with Crippen LogP contribution < -0.4 is 11.1 Å². The minimum Gasteiger partial charge on any atom is -0.460 e. The van der Waals surface area contributed by atoms with Crippen molar-refractivity contribution < 1.29 is 14.3 Å². The second-order valence-electron chi connectivity index (χ2n) is 3.70. The lowest BCUT2D eigenvalue weighted by Crippen LogP contribution is -2.38. The number of carbonyl (C=O) groups is 1. The van der Waals surface area contributed by atoms with E-state index in [2.05, 4.69) is 15.2 Å². The maximum atomic E-state index is 11.5. The van der Waals surface area contributed by atoms with E-state index in [4.69, 9.17) is 15.2 Å². The van der Waals surface area contributed by atoms with Gasteiger partial charge in [0, 0.05) is 19.6 Å². The third kappa shape index (κ3) is 3.18. The van der Waals surface area contributed by atoms with Crippen molar-refractivity contribution in [2.45, 2.75) is 0 Å². The molecule has 2 rings (SSSR count). The topological polar surface area (TPSA) is 91.2 Å². The van der Waals surface area contributed by atoms with Crippen LogP contribution in [0.25, 0.3) is 0 Å². The Morgan fingerprint density at radius 3 is 2.94 bits per heavy atom. The Morgan fingerprint density at radius 2 is 2.29 bits per heavy atom. The zero-order valence-corrected chi connectivity index (χ0v) is 9.46. The van der Waals surface area contributed by atoms with E-state index < -0.39 is 5.97 Å². The smallest absolute Gasteiger partial charge is 0.360 e. The van der Waals surface area contributed by atoms with Gasteiger partial charge in [-0.15, -0.1) is 0 Å². The highest BCUT2D eigenvalue weighted by Crippen LogP contribution is 2.07. The summed E-state index contributed by atoms with van der Waals surface area (Å²) in [5.74, 6) is -0.408. The van der Waals surface area contributed by atoms with E-state index in [0.29, 0.717) is 13.2 Å². The summed E-state index contributed by atoms with van der Waals surface area (Å²) >= 11 is 0. The Labute approximate surface area is 99.3 Å². The Morgan fingerprint density at radius 1 is 1.53 bits per heavy atom. The molecule has 0 aromatic heterocycles. The molecule has 0 spiro atoms. The van der Waals surface area contributed by atoms with Crippen LogP contribution in [-0.4, -0.2) is 56.7 Å². The first-order chi connectivity index (χ1) is 8.27. The number of hydrogen-bond acceptors (Lipinski definition) is 6. The van der Waals surface area contributed by atoms with Crippen molar-refractivity contribution in [2.24, 2.45) is 10.7 Å². The molecule has 2 N–H and O–H groups in total. The summed E-state index contributed by atoms with van der Waals surface area (Å²) in [5.41, 5.74) is 5.54. The SMILES string of the molecule is NC1=C(C(=O)OCCN2CCOCC2)N=C[N]1. The van der Waals surface area contributed by atoms with Crippen LogP contribution in [0, 0.1) is 0 Å². The van der Waals surface area contributed by atoms with Gasteiger partial charge < -0.3 is 15.2 Å². The number of nitrogens with zero attached hydrogens (tertiary/aromatic N) is 3. The highest BCUT2D eigenvalue weighted by molar-refractivity contribution is 5.92. The maximum absolute atomic E-state index is 11.5. The predicted molar refractivity (Wildman–Crippen MR) is 60.1 cm³/mol. The Bertz CT molecular complexity index is 347. The lowest BCUT2D eigenvalue weighted by Gasteiger charge is -2.26. The largest absolute Gasteiger partial charge is 0.460 e. The van der Waals surface area contributed by atoms with Gasteiger partial charge in [0.25, 0.3) is 0 Å². The molecule has 1 saturated heterocycles. The van der Waals surface area contributed by atoms with E-state index in [1.165, 1.54) is 6.34 Å². The molecule has 1 radical (unpaired) electrons. The average Bonchev–Trinajstić information content (AvgIpc) is 2.77. The maximum Gasteiger partial charge on any atom is 0.360 e. The minimum absolute atomic E-state index is 0.0898. The van der Waals surface area contributed by atoms with Gasteiger partial charge in [0.2, 0.25) is 0 Å². The number of aliphatic imine (C=N–C) groups is 1. The highest BCUT2D eigenvalue weighted by Gasteiger charge is 2.19. The third-order valence-electron chi connectivity index (χ3n) is 2.56. The summed E-state index contributed by atoms with van der Waals surface area (Å²) in [7, 11) is 0. The molecule has 0 unspecified atom stereocenters. The number of esters is 1. The predicted octanol–water partition coefficient (Wildman–Crippen LogP) is -1.36. The second kappa shape index (κ2) is 5.65. The Hall–Kier alpha value is -1.60. The normalized spacial score (nSPS) is 20.5. The van der Waals surface area contributed by atoms with E-state index >= 15 is 0 Å². The fourth-order valence-electron chi connectivity index (χ4n) is 1.59. The van der Waals surface area contributed by atoms with Gasteiger partial charge in [-0.2, -0.15) is 0 Å². The lowest BCUT2D eigenvalue weighted by atomic mass is 10.4. The monoisotopic (exact) mass is 239 g/mol. The molecule has 7 heteroatoms. The van der Waals surface area contributed by atoms with E-state index in [1.54, 1.807) is 0 Å². The molecule has 93 valence electrons. The Balaban J connectivity index is 1.69. The van der Waals surface area contributed by atoms with Crippen LogP contribution in [0.5, 0.6) is 0 Å². The summed E-state index contributed by atoms with van der Waals surface area (Å²) in [5, 5.41) is 3.67.